The van der Waals surface area contributed by atoms with E-state index in [1.807, 2.05) is 29.2 Å². The van der Waals surface area contributed by atoms with E-state index in [1.54, 1.807) is 6.07 Å². The maximum Gasteiger partial charge on any atom is 0.345 e. The van der Waals surface area contributed by atoms with Crippen molar-refractivity contribution in [1.29, 1.82) is 0 Å². The molecule has 0 unspecified atom stereocenters. The van der Waals surface area contributed by atoms with Crippen LogP contribution in [0.15, 0.2) is 54.6 Å². The molecule has 6 heteroatoms. The zero-order valence-corrected chi connectivity index (χ0v) is 20.2. The first kappa shape index (κ1) is 25.2. The molecule has 1 saturated heterocycles. The molecular formula is C27H35NO4S. The van der Waals surface area contributed by atoms with E-state index in [1.165, 1.54) is 16.9 Å². The Morgan fingerprint density at radius 2 is 1.94 bits per heavy atom. The number of rotatable bonds is 13. The van der Waals surface area contributed by atoms with E-state index in [-0.39, 0.29) is 17.9 Å². The molecule has 1 aliphatic heterocycles. The lowest BCUT2D eigenvalue weighted by Gasteiger charge is -2.23. The van der Waals surface area contributed by atoms with Gasteiger partial charge < -0.3 is 15.1 Å². The Labute approximate surface area is 200 Å². The smallest absolute Gasteiger partial charge is 0.345 e. The van der Waals surface area contributed by atoms with Crippen LogP contribution < -0.4 is 0 Å². The van der Waals surface area contributed by atoms with E-state index < -0.39 is 12.1 Å². The Hall–Kier alpha value is -2.44. The number of hydrogen-bond acceptors (Lipinski definition) is 4. The van der Waals surface area contributed by atoms with Crippen molar-refractivity contribution >= 4 is 23.2 Å². The SMILES string of the molecule is C[C@@H](CCCCc1ccccc1)[C@H](O)C=C[C@H]1CCC(=O)N1CCCc1ccc(C(=O)O)s1. The summed E-state index contributed by atoms with van der Waals surface area (Å²) in [7, 11) is 0. The topological polar surface area (TPSA) is 77.8 Å². The number of aliphatic hydroxyl groups is 1. The van der Waals surface area contributed by atoms with Gasteiger partial charge in [0.05, 0.1) is 12.1 Å². The molecule has 5 nitrogen and oxygen atoms in total. The van der Waals surface area contributed by atoms with Crippen molar-refractivity contribution in [2.24, 2.45) is 5.92 Å². The van der Waals surface area contributed by atoms with Crippen LogP contribution >= 0.6 is 11.3 Å². The van der Waals surface area contributed by atoms with Gasteiger partial charge in [-0.2, -0.15) is 0 Å². The standard InChI is InChI=1S/C27H35NO4S/c1-20(8-5-6-11-21-9-3-2-4-10-21)24(29)16-13-22-14-18-26(30)28(22)19-7-12-23-15-17-25(33-23)27(31)32/h2-4,9-10,13,15-17,20,22,24,29H,5-8,11-12,14,18-19H2,1H3,(H,31,32)/t20-,22-,24+/m0/s1. The van der Waals surface area contributed by atoms with Crippen LogP contribution in [0.5, 0.6) is 0 Å². The van der Waals surface area contributed by atoms with Gasteiger partial charge in [-0.05, 0) is 62.1 Å². The number of aryl methyl sites for hydroxylation is 2. The fraction of sp³-hybridized carbons (Fsp3) is 0.481. The summed E-state index contributed by atoms with van der Waals surface area (Å²) >= 11 is 1.30. The highest BCUT2D eigenvalue weighted by molar-refractivity contribution is 7.13. The fourth-order valence-electron chi connectivity index (χ4n) is 4.34. The molecule has 1 aromatic carbocycles. The number of hydrogen-bond donors (Lipinski definition) is 2. The highest BCUT2D eigenvalue weighted by Gasteiger charge is 2.28. The number of carboxylic acid groups (broad SMARTS) is 1. The number of aliphatic hydroxyl groups excluding tert-OH is 1. The van der Waals surface area contributed by atoms with Crippen LogP contribution in [-0.2, 0) is 17.6 Å². The molecule has 33 heavy (non-hydrogen) atoms. The average molecular weight is 470 g/mol. The molecule has 3 rings (SSSR count). The van der Waals surface area contributed by atoms with E-state index in [0.717, 1.165) is 49.8 Å². The van der Waals surface area contributed by atoms with E-state index in [0.29, 0.717) is 17.8 Å². The van der Waals surface area contributed by atoms with Crippen molar-refractivity contribution in [3.63, 3.8) is 0 Å². The van der Waals surface area contributed by atoms with Gasteiger partial charge in [-0.15, -0.1) is 11.3 Å². The largest absolute Gasteiger partial charge is 0.477 e. The van der Waals surface area contributed by atoms with Crippen LogP contribution in [-0.4, -0.2) is 45.7 Å². The average Bonchev–Trinajstić information content (AvgIpc) is 3.43. The number of aromatic carboxylic acids is 1. The number of benzene rings is 1. The third-order valence-electron chi connectivity index (χ3n) is 6.40. The monoisotopic (exact) mass is 469 g/mol. The van der Waals surface area contributed by atoms with Gasteiger partial charge in [-0.1, -0.05) is 55.8 Å². The Morgan fingerprint density at radius 3 is 2.67 bits per heavy atom. The molecule has 2 aromatic rings. The summed E-state index contributed by atoms with van der Waals surface area (Å²) in [4.78, 5) is 26.7. The molecular weight excluding hydrogens is 434 g/mol. The van der Waals surface area contributed by atoms with Crippen LogP contribution in [0.25, 0.3) is 0 Å². The molecule has 2 heterocycles. The molecule has 2 N–H and O–H groups in total. The van der Waals surface area contributed by atoms with Crippen molar-refractivity contribution in [2.75, 3.05) is 6.54 Å². The molecule has 1 aliphatic rings. The number of thiophene rings is 1. The number of carbonyl (C=O) groups excluding carboxylic acids is 1. The first-order valence-corrected chi connectivity index (χ1v) is 12.8. The van der Waals surface area contributed by atoms with Crippen LogP contribution in [0.2, 0.25) is 0 Å². The third kappa shape index (κ3) is 7.83. The molecule has 3 atom stereocenters. The van der Waals surface area contributed by atoms with Gasteiger partial charge >= 0.3 is 5.97 Å². The second kappa shape index (κ2) is 12.7. The van der Waals surface area contributed by atoms with Crippen molar-refractivity contribution < 1.29 is 19.8 Å². The predicted octanol–water partition coefficient (Wildman–Crippen LogP) is 5.34. The number of unbranched alkanes of at least 4 members (excludes halogenated alkanes) is 1. The second-order valence-corrected chi connectivity index (χ2v) is 10.1. The molecule has 1 fully saturated rings. The summed E-state index contributed by atoms with van der Waals surface area (Å²) in [6.45, 7) is 2.74. The maximum atomic E-state index is 12.3. The van der Waals surface area contributed by atoms with Crippen molar-refractivity contribution in [3.05, 3.63) is 69.9 Å². The lowest BCUT2D eigenvalue weighted by Crippen LogP contribution is -2.33. The Balaban J connectivity index is 1.40. The van der Waals surface area contributed by atoms with Gasteiger partial charge in [0.25, 0.3) is 0 Å². The molecule has 0 radical (unpaired) electrons. The molecule has 1 aromatic heterocycles. The summed E-state index contributed by atoms with van der Waals surface area (Å²) in [6, 6.07) is 14.0. The summed E-state index contributed by atoms with van der Waals surface area (Å²) in [5, 5.41) is 19.6. The number of likely N-dealkylation sites (tertiary alicyclic amines) is 1. The van der Waals surface area contributed by atoms with Crippen LogP contribution in [0.1, 0.15) is 65.6 Å². The first-order chi connectivity index (χ1) is 15.9. The molecule has 0 saturated carbocycles. The summed E-state index contributed by atoms with van der Waals surface area (Å²) in [6.07, 6.45) is 10.5. The van der Waals surface area contributed by atoms with Crippen LogP contribution in [0.3, 0.4) is 0 Å². The van der Waals surface area contributed by atoms with Gasteiger partial charge in [-0.25, -0.2) is 4.79 Å². The highest BCUT2D eigenvalue weighted by Crippen LogP contribution is 2.23. The van der Waals surface area contributed by atoms with E-state index >= 15 is 0 Å². The van der Waals surface area contributed by atoms with Crippen LogP contribution in [0.4, 0.5) is 0 Å². The maximum absolute atomic E-state index is 12.3. The van der Waals surface area contributed by atoms with Gasteiger partial charge in [0.15, 0.2) is 0 Å². The zero-order valence-electron chi connectivity index (χ0n) is 19.4. The summed E-state index contributed by atoms with van der Waals surface area (Å²) in [5.74, 6) is -0.550. The number of carbonyl (C=O) groups is 2. The van der Waals surface area contributed by atoms with Crippen molar-refractivity contribution in [2.45, 2.75) is 70.4 Å². The fourth-order valence-corrected chi connectivity index (χ4v) is 5.23. The lowest BCUT2D eigenvalue weighted by atomic mass is 9.95. The van der Waals surface area contributed by atoms with E-state index in [2.05, 4.69) is 31.2 Å². The van der Waals surface area contributed by atoms with Gasteiger partial charge in [0, 0.05) is 17.8 Å². The summed E-state index contributed by atoms with van der Waals surface area (Å²) in [5.41, 5.74) is 1.36. The Kier molecular flexibility index (Phi) is 9.70. The zero-order chi connectivity index (χ0) is 23.6. The predicted molar refractivity (Wildman–Crippen MR) is 133 cm³/mol. The Morgan fingerprint density at radius 1 is 1.15 bits per heavy atom. The van der Waals surface area contributed by atoms with Gasteiger partial charge in [-0.3, -0.25) is 4.79 Å². The molecule has 178 valence electrons. The quantitative estimate of drug-likeness (QED) is 0.307. The molecule has 0 spiro atoms. The molecule has 0 bridgehead atoms. The Bertz CT molecular complexity index is 923. The second-order valence-electron chi connectivity index (χ2n) is 8.95. The number of carboxylic acids is 1. The van der Waals surface area contributed by atoms with Crippen LogP contribution in [0, 0.1) is 5.92 Å². The molecule has 0 aliphatic carbocycles. The lowest BCUT2D eigenvalue weighted by molar-refractivity contribution is -0.128. The number of nitrogens with zero attached hydrogens (tertiary/aromatic N) is 1. The van der Waals surface area contributed by atoms with E-state index in [4.69, 9.17) is 5.11 Å². The third-order valence-corrected chi connectivity index (χ3v) is 7.53. The van der Waals surface area contributed by atoms with Gasteiger partial charge in [0.1, 0.15) is 4.88 Å². The minimum Gasteiger partial charge on any atom is -0.477 e. The van der Waals surface area contributed by atoms with Gasteiger partial charge in [0.2, 0.25) is 5.91 Å². The minimum atomic E-state index is -0.893. The van der Waals surface area contributed by atoms with Crippen molar-refractivity contribution in [3.8, 4) is 0 Å². The highest BCUT2D eigenvalue weighted by atomic mass is 32.1. The first-order valence-electron chi connectivity index (χ1n) is 12.0. The minimum absolute atomic E-state index is 0.0374. The number of amides is 1. The molecule has 1 amide bonds. The normalized spacial score (nSPS) is 18.2. The van der Waals surface area contributed by atoms with Crippen molar-refractivity contribution in [1.82, 2.24) is 4.90 Å². The summed E-state index contributed by atoms with van der Waals surface area (Å²) < 4.78 is 0. The van der Waals surface area contributed by atoms with E-state index in [9.17, 15) is 14.7 Å².